The Bertz CT molecular complexity index is 462. The van der Waals surface area contributed by atoms with Crippen molar-refractivity contribution in [2.75, 3.05) is 13.2 Å². The number of alkyl halides is 3. The van der Waals surface area contributed by atoms with Gasteiger partial charge >= 0.3 is 6.18 Å². The SMILES string of the molecule is O=C1C(CCc2ccccc2)NCN1CCCC(F)(F)F. The highest BCUT2D eigenvalue weighted by atomic mass is 19.4. The molecule has 1 fully saturated rings. The maximum Gasteiger partial charge on any atom is 0.389 e. The van der Waals surface area contributed by atoms with Crippen LogP contribution in [0.4, 0.5) is 13.2 Å². The van der Waals surface area contributed by atoms with Crippen molar-refractivity contribution < 1.29 is 18.0 Å². The number of halogens is 3. The molecule has 0 saturated carbocycles. The average molecular weight is 300 g/mol. The van der Waals surface area contributed by atoms with Gasteiger partial charge in [-0.2, -0.15) is 13.2 Å². The van der Waals surface area contributed by atoms with Gasteiger partial charge in [0, 0.05) is 13.0 Å². The monoisotopic (exact) mass is 300 g/mol. The summed E-state index contributed by atoms with van der Waals surface area (Å²) in [6.45, 7) is 0.503. The Balaban J connectivity index is 1.74. The molecule has 1 aliphatic rings. The fourth-order valence-corrected chi connectivity index (χ4v) is 2.45. The molecule has 1 unspecified atom stereocenters. The first kappa shape index (κ1) is 15.8. The van der Waals surface area contributed by atoms with E-state index in [4.69, 9.17) is 0 Å². The standard InChI is InChI=1S/C15H19F3N2O/c16-15(17,18)9-4-10-20-11-19-13(14(20)21)8-7-12-5-2-1-3-6-12/h1-3,5-6,13,19H,4,7-11H2. The third-order valence-corrected chi connectivity index (χ3v) is 3.59. The normalized spacial score (nSPS) is 19.3. The summed E-state index contributed by atoms with van der Waals surface area (Å²) < 4.78 is 36.3. The topological polar surface area (TPSA) is 32.3 Å². The van der Waals surface area contributed by atoms with E-state index in [2.05, 4.69) is 5.32 Å². The van der Waals surface area contributed by atoms with Crippen LogP contribution in [0.3, 0.4) is 0 Å². The number of amides is 1. The number of nitrogens with zero attached hydrogens (tertiary/aromatic N) is 1. The van der Waals surface area contributed by atoms with Gasteiger partial charge in [0.25, 0.3) is 0 Å². The summed E-state index contributed by atoms with van der Waals surface area (Å²) in [5.41, 5.74) is 1.16. The van der Waals surface area contributed by atoms with Crippen molar-refractivity contribution in [1.29, 1.82) is 0 Å². The summed E-state index contributed by atoms with van der Waals surface area (Å²) in [7, 11) is 0. The zero-order valence-electron chi connectivity index (χ0n) is 11.7. The van der Waals surface area contributed by atoms with Crippen LogP contribution < -0.4 is 5.32 Å². The van der Waals surface area contributed by atoms with Gasteiger partial charge in [0.05, 0.1) is 12.7 Å². The minimum Gasteiger partial charge on any atom is -0.329 e. The summed E-state index contributed by atoms with van der Waals surface area (Å²) in [5, 5.41) is 3.07. The van der Waals surface area contributed by atoms with Gasteiger partial charge in [-0.1, -0.05) is 30.3 Å². The number of hydrogen-bond acceptors (Lipinski definition) is 2. The molecule has 1 heterocycles. The first-order valence-electron chi connectivity index (χ1n) is 7.08. The van der Waals surface area contributed by atoms with Crippen LogP contribution in [0.1, 0.15) is 24.8 Å². The molecule has 0 aliphatic carbocycles. The van der Waals surface area contributed by atoms with Gasteiger partial charge in [-0.15, -0.1) is 0 Å². The molecule has 0 aromatic heterocycles. The Labute approximate surface area is 122 Å². The lowest BCUT2D eigenvalue weighted by Crippen LogP contribution is -2.32. The van der Waals surface area contributed by atoms with Crippen molar-refractivity contribution in [2.24, 2.45) is 0 Å². The zero-order valence-corrected chi connectivity index (χ0v) is 11.7. The fraction of sp³-hybridized carbons (Fsp3) is 0.533. The van der Waals surface area contributed by atoms with Crippen molar-refractivity contribution in [3.05, 3.63) is 35.9 Å². The van der Waals surface area contributed by atoms with Gasteiger partial charge in [-0.3, -0.25) is 10.1 Å². The predicted octanol–water partition coefficient (Wildman–Crippen LogP) is 2.72. The molecule has 1 aliphatic heterocycles. The van der Waals surface area contributed by atoms with Crippen LogP contribution in [0.5, 0.6) is 0 Å². The highest BCUT2D eigenvalue weighted by Crippen LogP contribution is 2.22. The number of carbonyl (C=O) groups excluding carboxylic acids is 1. The third kappa shape index (κ3) is 5.04. The van der Waals surface area contributed by atoms with Crippen LogP contribution >= 0.6 is 0 Å². The van der Waals surface area contributed by atoms with Gasteiger partial charge in [0.2, 0.25) is 5.91 Å². The van der Waals surface area contributed by atoms with Gasteiger partial charge in [-0.05, 0) is 24.8 Å². The molecule has 0 radical (unpaired) electrons. The molecule has 21 heavy (non-hydrogen) atoms. The van der Waals surface area contributed by atoms with Gasteiger partial charge in [-0.25, -0.2) is 0 Å². The lowest BCUT2D eigenvalue weighted by atomic mass is 10.1. The minimum atomic E-state index is -4.15. The Morgan fingerprint density at radius 1 is 1.24 bits per heavy atom. The first-order chi connectivity index (χ1) is 9.96. The highest BCUT2D eigenvalue weighted by Gasteiger charge is 2.32. The van der Waals surface area contributed by atoms with E-state index in [0.717, 1.165) is 12.0 Å². The molecule has 3 nitrogen and oxygen atoms in total. The smallest absolute Gasteiger partial charge is 0.329 e. The molecule has 2 rings (SSSR count). The van der Waals surface area contributed by atoms with E-state index in [-0.39, 0.29) is 24.9 Å². The fourth-order valence-electron chi connectivity index (χ4n) is 2.45. The lowest BCUT2D eigenvalue weighted by Gasteiger charge is -2.16. The van der Waals surface area contributed by atoms with Crippen molar-refractivity contribution in [2.45, 2.75) is 37.9 Å². The molecule has 1 saturated heterocycles. The van der Waals surface area contributed by atoms with Crippen LogP contribution in [0, 0.1) is 0 Å². The zero-order chi connectivity index (χ0) is 15.3. The third-order valence-electron chi connectivity index (χ3n) is 3.59. The summed E-state index contributed by atoms with van der Waals surface area (Å²) in [6, 6.07) is 9.55. The van der Waals surface area contributed by atoms with Crippen molar-refractivity contribution in [1.82, 2.24) is 10.2 Å². The quantitative estimate of drug-likeness (QED) is 0.876. The Morgan fingerprint density at radius 2 is 1.95 bits per heavy atom. The summed E-state index contributed by atoms with van der Waals surface area (Å²) >= 11 is 0. The van der Waals surface area contributed by atoms with Crippen LogP contribution in [0.15, 0.2) is 30.3 Å². The molecular formula is C15H19F3N2O. The number of rotatable bonds is 6. The summed E-state index contributed by atoms with van der Waals surface area (Å²) in [4.78, 5) is 13.5. The number of benzene rings is 1. The average Bonchev–Trinajstić information content (AvgIpc) is 2.78. The Morgan fingerprint density at radius 3 is 2.62 bits per heavy atom. The second kappa shape index (κ2) is 6.93. The van der Waals surface area contributed by atoms with Crippen molar-refractivity contribution >= 4 is 5.91 Å². The van der Waals surface area contributed by atoms with Gasteiger partial charge < -0.3 is 4.90 Å². The van der Waals surface area contributed by atoms with Crippen LogP contribution in [-0.4, -0.2) is 36.2 Å². The molecule has 1 aromatic carbocycles. The van der Waals surface area contributed by atoms with E-state index in [0.29, 0.717) is 13.1 Å². The molecule has 1 atom stereocenters. The van der Waals surface area contributed by atoms with E-state index in [1.807, 2.05) is 30.3 Å². The minimum absolute atomic E-state index is 0.0394. The predicted molar refractivity (Wildman–Crippen MR) is 73.6 cm³/mol. The van der Waals surface area contributed by atoms with Crippen LogP contribution in [-0.2, 0) is 11.2 Å². The molecule has 1 aromatic rings. The molecule has 0 spiro atoms. The molecule has 1 N–H and O–H groups in total. The number of aryl methyl sites for hydroxylation is 1. The summed E-state index contributed by atoms with van der Waals surface area (Å²) in [5.74, 6) is -0.0897. The molecule has 116 valence electrons. The molecular weight excluding hydrogens is 281 g/mol. The second-order valence-corrected chi connectivity index (χ2v) is 5.26. The van der Waals surface area contributed by atoms with Crippen LogP contribution in [0.25, 0.3) is 0 Å². The maximum atomic E-state index is 12.1. The highest BCUT2D eigenvalue weighted by molar-refractivity contribution is 5.83. The number of hydrogen-bond donors (Lipinski definition) is 1. The van der Waals surface area contributed by atoms with E-state index in [9.17, 15) is 18.0 Å². The van der Waals surface area contributed by atoms with Gasteiger partial charge in [0.15, 0.2) is 0 Å². The van der Waals surface area contributed by atoms with Gasteiger partial charge in [0.1, 0.15) is 0 Å². The van der Waals surface area contributed by atoms with Crippen molar-refractivity contribution in [3.63, 3.8) is 0 Å². The first-order valence-corrected chi connectivity index (χ1v) is 7.08. The largest absolute Gasteiger partial charge is 0.389 e. The number of nitrogens with one attached hydrogen (secondary N) is 1. The van der Waals surface area contributed by atoms with Crippen LogP contribution in [0.2, 0.25) is 0 Å². The van der Waals surface area contributed by atoms with E-state index in [1.54, 1.807) is 0 Å². The second-order valence-electron chi connectivity index (χ2n) is 5.26. The molecule has 0 bridgehead atoms. The maximum absolute atomic E-state index is 12.1. The van der Waals surface area contributed by atoms with E-state index in [1.165, 1.54) is 4.90 Å². The van der Waals surface area contributed by atoms with E-state index >= 15 is 0 Å². The Kier molecular flexibility index (Phi) is 5.22. The number of carbonyl (C=O) groups is 1. The Hall–Kier alpha value is -1.56. The lowest BCUT2D eigenvalue weighted by molar-refractivity contribution is -0.139. The van der Waals surface area contributed by atoms with E-state index < -0.39 is 12.6 Å². The molecule has 1 amide bonds. The summed E-state index contributed by atoms with van der Waals surface area (Å²) in [6.07, 6.45) is -3.59. The molecule has 6 heteroatoms. The van der Waals surface area contributed by atoms with Crippen molar-refractivity contribution in [3.8, 4) is 0 Å².